The number of hydrogen-bond donors (Lipinski definition) is 0. The van der Waals surface area contributed by atoms with Gasteiger partial charge in [-0.15, -0.1) is 6.42 Å². The average Bonchev–Trinajstić information content (AvgIpc) is 2.70. The van der Waals surface area contributed by atoms with Crippen LogP contribution in [-0.4, -0.2) is 0 Å². The highest BCUT2D eigenvalue weighted by Crippen LogP contribution is 2.37. The maximum Gasteiger partial charge on any atom is 0.0453 e. The monoisotopic (exact) mass is 204 g/mol. The molecule has 0 aliphatic heterocycles. The van der Waals surface area contributed by atoms with Gasteiger partial charge in [0.25, 0.3) is 0 Å². The second-order valence-electron chi connectivity index (χ2n) is 3.86. The summed E-state index contributed by atoms with van der Waals surface area (Å²) in [7, 11) is 0. The quantitative estimate of drug-likeness (QED) is 0.607. The Kier molecular flexibility index (Phi) is 2.79. The number of hydrogen-bond acceptors (Lipinski definition) is 0. The molecular formula is C13H13Cl. The molecule has 0 atom stereocenters. The first-order chi connectivity index (χ1) is 6.81. The van der Waals surface area contributed by atoms with Crippen molar-refractivity contribution in [2.45, 2.75) is 31.6 Å². The van der Waals surface area contributed by atoms with Crippen LogP contribution in [0.25, 0.3) is 0 Å². The molecule has 1 aromatic carbocycles. The molecule has 0 aromatic heterocycles. The van der Waals surface area contributed by atoms with Crippen molar-refractivity contribution in [2.75, 3.05) is 0 Å². The molecule has 0 radical (unpaired) electrons. The fraction of sp³-hybridized carbons (Fsp3) is 0.385. The zero-order valence-electron chi connectivity index (χ0n) is 8.09. The summed E-state index contributed by atoms with van der Waals surface area (Å²) in [5.41, 5.74) is 2.15. The lowest BCUT2D eigenvalue weighted by Crippen LogP contribution is -1.93. The lowest BCUT2D eigenvalue weighted by molar-refractivity contribution is 0.723. The molecule has 1 aromatic rings. The summed E-state index contributed by atoms with van der Waals surface area (Å²) in [4.78, 5) is 0. The second-order valence-corrected chi connectivity index (χ2v) is 4.27. The fourth-order valence-electron chi connectivity index (χ4n) is 2.18. The summed E-state index contributed by atoms with van der Waals surface area (Å²) >= 11 is 6.19. The summed E-state index contributed by atoms with van der Waals surface area (Å²) in [6.07, 6.45) is 10.5. The van der Waals surface area contributed by atoms with E-state index in [9.17, 15) is 0 Å². The van der Waals surface area contributed by atoms with E-state index in [1.807, 2.05) is 12.1 Å². The Morgan fingerprint density at radius 3 is 2.57 bits per heavy atom. The highest BCUT2D eigenvalue weighted by atomic mass is 35.5. The Morgan fingerprint density at radius 1 is 1.29 bits per heavy atom. The van der Waals surface area contributed by atoms with E-state index in [1.54, 1.807) is 0 Å². The van der Waals surface area contributed by atoms with E-state index in [4.69, 9.17) is 18.0 Å². The lowest BCUT2D eigenvalue weighted by Gasteiger charge is -2.11. The number of halogens is 1. The number of terminal acetylenes is 1. The van der Waals surface area contributed by atoms with Gasteiger partial charge < -0.3 is 0 Å². The van der Waals surface area contributed by atoms with Gasteiger partial charge in [0, 0.05) is 10.6 Å². The van der Waals surface area contributed by atoms with Gasteiger partial charge in [0.1, 0.15) is 0 Å². The van der Waals surface area contributed by atoms with Crippen molar-refractivity contribution < 1.29 is 0 Å². The van der Waals surface area contributed by atoms with Gasteiger partial charge in [-0.25, -0.2) is 0 Å². The number of rotatable bonds is 1. The zero-order chi connectivity index (χ0) is 9.97. The molecule has 14 heavy (non-hydrogen) atoms. The van der Waals surface area contributed by atoms with Crippen molar-refractivity contribution in [1.29, 1.82) is 0 Å². The molecule has 0 bridgehead atoms. The van der Waals surface area contributed by atoms with Crippen molar-refractivity contribution in [2.24, 2.45) is 0 Å². The summed E-state index contributed by atoms with van der Waals surface area (Å²) in [6.45, 7) is 0. The summed E-state index contributed by atoms with van der Waals surface area (Å²) in [5, 5.41) is 0.840. The maximum atomic E-state index is 6.19. The van der Waals surface area contributed by atoms with E-state index in [2.05, 4.69) is 12.0 Å². The van der Waals surface area contributed by atoms with Crippen molar-refractivity contribution in [3.05, 3.63) is 34.3 Å². The predicted molar refractivity (Wildman–Crippen MR) is 60.6 cm³/mol. The highest BCUT2D eigenvalue weighted by molar-refractivity contribution is 6.31. The smallest absolute Gasteiger partial charge is 0.0453 e. The van der Waals surface area contributed by atoms with Crippen LogP contribution in [0.3, 0.4) is 0 Å². The summed E-state index contributed by atoms with van der Waals surface area (Å²) in [6, 6.07) is 5.97. The molecule has 0 amide bonds. The second kappa shape index (κ2) is 4.07. The molecule has 0 heterocycles. The van der Waals surface area contributed by atoms with Gasteiger partial charge in [-0.1, -0.05) is 36.4 Å². The standard InChI is InChI=1S/C13H13Cl/c1-2-10-7-8-12(13(14)9-10)11-5-3-4-6-11/h1,7-9,11H,3-6H2. The highest BCUT2D eigenvalue weighted by Gasteiger charge is 2.19. The molecule has 0 spiro atoms. The van der Waals surface area contributed by atoms with E-state index in [1.165, 1.54) is 31.2 Å². The molecule has 0 N–H and O–H groups in total. The minimum absolute atomic E-state index is 0.661. The Hall–Kier alpha value is -0.930. The van der Waals surface area contributed by atoms with E-state index in [0.717, 1.165) is 10.6 Å². The zero-order valence-corrected chi connectivity index (χ0v) is 8.85. The van der Waals surface area contributed by atoms with E-state index < -0.39 is 0 Å². The van der Waals surface area contributed by atoms with Gasteiger partial charge in [-0.2, -0.15) is 0 Å². The first-order valence-electron chi connectivity index (χ1n) is 5.07. The largest absolute Gasteiger partial charge is 0.115 e. The van der Waals surface area contributed by atoms with Crippen LogP contribution in [0, 0.1) is 12.3 Å². The Labute approximate surface area is 90.3 Å². The normalized spacial score (nSPS) is 16.9. The lowest BCUT2D eigenvalue weighted by atomic mass is 9.97. The SMILES string of the molecule is C#Cc1ccc(C2CCCC2)c(Cl)c1. The van der Waals surface area contributed by atoms with Crippen LogP contribution in [0.1, 0.15) is 42.7 Å². The van der Waals surface area contributed by atoms with Crippen LogP contribution < -0.4 is 0 Å². The van der Waals surface area contributed by atoms with Crippen molar-refractivity contribution >= 4 is 11.6 Å². The third-order valence-electron chi connectivity index (χ3n) is 2.96. The molecule has 0 unspecified atom stereocenters. The van der Waals surface area contributed by atoms with E-state index in [-0.39, 0.29) is 0 Å². The van der Waals surface area contributed by atoms with Gasteiger partial charge in [0.15, 0.2) is 0 Å². The third-order valence-corrected chi connectivity index (χ3v) is 3.29. The van der Waals surface area contributed by atoms with Crippen LogP contribution in [0.5, 0.6) is 0 Å². The predicted octanol–water partition coefficient (Wildman–Crippen LogP) is 3.98. The first kappa shape index (κ1) is 9.62. The molecule has 1 saturated carbocycles. The molecular weight excluding hydrogens is 192 g/mol. The molecule has 1 fully saturated rings. The van der Waals surface area contributed by atoms with Crippen molar-refractivity contribution in [1.82, 2.24) is 0 Å². The van der Waals surface area contributed by atoms with E-state index >= 15 is 0 Å². The number of benzene rings is 1. The Bertz CT molecular complexity index is 367. The molecule has 0 saturated heterocycles. The van der Waals surface area contributed by atoms with Crippen LogP contribution in [-0.2, 0) is 0 Å². The van der Waals surface area contributed by atoms with Gasteiger partial charge in [-0.3, -0.25) is 0 Å². The molecule has 72 valence electrons. The molecule has 1 heteroatoms. The fourth-order valence-corrected chi connectivity index (χ4v) is 2.52. The summed E-state index contributed by atoms with van der Waals surface area (Å²) < 4.78 is 0. The Morgan fingerprint density at radius 2 is 2.00 bits per heavy atom. The molecule has 1 aliphatic carbocycles. The molecule has 2 rings (SSSR count). The van der Waals surface area contributed by atoms with Crippen LogP contribution in [0.4, 0.5) is 0 Å². The van der Waals surface area contributed by atoms with Gasteiger partial charge >= 0.3 is 0 Å². The summed E-state index contributed by atoms with van der Waals surface area (Å²) in [5.74, 6) is 3.26. The van der Waals surface area contributed by atoms with Crippen molar-refractivity contribution in [3.63, 3.8) is 0 Å². The Balaban J connectivity index is 2.30. The first-order valence-corrected chi connectivity index (χ1v) is 5.45. The maximum absolute atomic E-state index is 6.19. The van der Waals surface area contributed by atoms with Gasteiger partial charge in [0.2, 0.25) is 0 Å². The van der Waals surface area contributed by atoms with Crippen molar-refractivity contribution in [3.8, 4) is 12.3 Å². The van der Waals surface area contributed by atoms with Gasteiger partial charge in [-0.05, 0) is 36.5 Å². The van der Waals surface area contributed by atoms with E-state index in [0.29, 0.717) is 5.92 Å². The van der Waals surface area contributed by atoms with Crippen LogP contribution >= 0.6 is 11.6 Å². The minimum Gasteiger partial charge on any atom is -0.115 e. The van der Waals surface area contributed by atoms with Crippen LogP contribution in [0.15, 0.2) is 18.2 Å². The molecule has 0 nitrogen and oxygen atoms in total. The third kappa shape index (κ3) is 1.79. The molecule has 1 aliphatic rings. The topological polar surface area (TPSA) is 0 Å². The minimum atomic E-state index is 0.661. The average molecular weight is 205 g/mol. The van der Waals surface area contributed by atoms with Gasteiger partial charge in [0.05, 0.1) is 0 Å². The van der Waals surface area contributed by atoms with Crippen LogP contribution in [0.2, 0.25) is 5.02 Å².